The average molecular weight is 287 g/mol. The highest BCUT2D eigenvalue weighted by Gasteiger charge is 2.28. The number of aromatic nitrogens is 1. The average Bonchev–Trinajstić information content (AvgIpc) is 2.92. The number of amides is 2. The first-order chi connectivity index (χ1) is 10.1. The fraction of sp³-hybridized carbons (Fsp3) is 0.400. The van der Waals surface area contributed by atoms with Crippen molar-refractivity contribution < 1.29 is 14.7 Å². The summed E-state index contributed by atoms with van der Waals surface area (Å²) in [5.41, 5.74) is 0.779. The van der Waals surface area contributed by atoms with Gasteiger partial charge in [-0.2, -0.15) is 0 Å². The maximum Gasteiger partial charge on any atom is 0.273 e. The molecule has 1 atom stereocenters. The summed E-state index contributed by atoms with van der Waals surface area (Å²) in [5, 5.41) is 11.6. The number of hydrogen-bond donors (Lipinski definition) is 2. The van der Waals surface area contributed by atoms with Crippen molar-refractivity contribution in [1.82, 2.24) is 15.2 Å². The second kappa shape index (κ2) is 6.86. The molecule has 2 N–H and O–H groups in total. The van der Waals surface area contributed by atoms with Gasteiger partial charge < -0.3 is 15.3 Å². The molecule has 2 amide bonds. The molecule has 0 radical (unpaired) electrons. The number of aliphatic hydroxyl groups excluding tert-OH is 1. The molecule has 0 aromatic carbocycles. The number of nitrogens with zero attached hydrogens (tertiary/aromatic N) is 2. The molecule has 0 spiro atoms. The maximum absolute atomic E-state index is 12.5. The molecule has 0 saturated carbocycles. The summed E-state index contributed by atoms with van der Waals surface area (Å²) in [5.74, 6) is 4.96. The first-order valence-electron chi connectivity index (χ1n) is 6.73. The number of hydrogen-bond acceptors (Lipinski definition) is 4. The number of carbonyl (C=O) groups is 2. The van der Waals surface area contributed by atoms with E-state index in [9.17, 15) is 9.59 Å². The predicted octanol–water partition coefficient (Wildman–Crippen LogP) is -0.224. The van der Waals surface area contributed by atoms with Gasteiger partial charge in [-0.1, -0.05) is 11.8 Å². The zero-order valence-electron chi connectivity index (χ0n) is 11.8. The zero-order chi connectivity index (χ0) is 15.2. The Hall–Kier alpha value is -2.39. The second-order valence-electron chi connectivity index (χ2n) is 4.80. The summed E-state index contributed by atoms with van der Waals surface area (Å²) in [4.78, 5) is 29.3. The van der Waals surface area contributed by atoms with E-state index >= 15 is 0 Å². The number of rotatable bonds is 2. The van der Waals surface area contributed by atoms with Crippen LogP contribution in [0.15, 0.2) is 18.3 Å². The third-order valence-electron chi connectivity index (χ3n) is 3.20. The van der Waals surface area contributed by atoms with Gasteiger partial charge in [-0.15, -0.1) is 0 Å². The van der Waals surface area contributed by atoms with E-state index in [2.05, 4.69) is 22.1 Å². The van der Waals surface area contributed by atoms with Gasteiger partial charge in [-0.25, -0.2) is 4.98 Å². The smallest absolute Gasteiger partial charge is 0.273 e. The molecule has 6 heteroatoms. The Balaban J connectivity index is 2.12. The van der Waals surface area contributed by atoms with Crippen molar-refractivity contribution in [2.45, 2.75) is 19.4 Å². The molecular formula is C15H17N3O3. The maximum atomic E-state index is 12.5. The quantitative estimate of drug-likeness (QED) is 0.737. The highest BCUT2D eigenvalue weighted by molar-refractivity contribution is 5.95. The normalized spacial score (nSPS) is 17.0. The van der Waals surface area contributed by atoms with Gasteiger partial charge in [0.1, 0.15) is 12.3 Å². The molecule has 1 aliphatic rings. The third kappa shape index (κ3) is 3.80. The molecule has 21 heavy (non-hydrogen) atoms. The fourth-order valence-corrected chi connectivity index (χ4v) is 2.31. The molecule has 0 aliphatic carbocycles. The van der Waals surface area contributed by atoms with Crippen LogP contribution in [0, 0.1) is 11.8 Å². The van der Waals surface area contributed by atoms with Crippen LogP contribution in [-0.2, 0) is 4.79 Å². The van der Waals surface area contributed by atoms with Gasteiger partial charge in [0.15, 0.2) is 0 Å². The van der Waals surface area contributed by atoms with Crippen molar-refractivity contribution in [1.29, 1.82) is 0 Å². The minimum Gasteiger partial charge on any atom is -0.384 e. The van der Waals surface area contributed by atoms with Crippen molar-refractivity contribution in [3.8, 4) is 11.8 Å². The van der Waals surface area contributed by atoms with E-state index in [0.29, 0.717) is 18.7 Å². The minimum absolute atomic E-state index is 0.0119. The molecule has 2 heterocycles. The standard InChI is InChI=1S/C15H17N3O3/c1-11(20)17-13-6-8-18(10-13)15(21)14-12(5-3-9-19)4-2-7-16-14/h2,4,7,13,19H,6,8-10H2,1H3,(H,17,20). The topological polar surface area (TPSA) is 82.5 Å². The first kappa shape index (κ1) is 15.0. The Morgan fingerprint density at radius 1 is 1.57 bits per heavy atom. The van der Waals surface area contributed by atoms with Crippen LogP contribution in [0.1, 0.15) is 29.4 Å². The molecule has 1 saturated heterocycles. The Morgan fingerprint density at radius 2 is 2.38 bits per heavy atom. The van der Waals surface area contributed by atoms with Crippen molar-refractivity contribution in [3.63, 3.8) is 0 Å². The van der Waals surface area contributed by atoms with Gasteiger partial charge in [0.25, 0.3) is 5.91 Å². The summed E-state index contributed by atoms with van der Waals surface area (Å²) in [7, 11) is 0. The van der Waals surface area contributed by atoms with E-state index in [1.54, 1.807) is 23.2 Å². The van der Waals surface area contributed by atoms with E-state index in [0.717, 1.165) is 6.42 Å². The van der Waals surface area contributed by atoms with Gasteiger partial charge in [-0.05, 0) is 18.6 Å². The van der Waals surface area contributed by atoms with Gasteiger partial charge >= 0.3 is 0 Å². The molecule has 0 bridgehead atoms. The molecule has 1 aromatic heterocycles. The number of pyridine rings is 1. The number of nitrogens with one attached hydrogen (secondary N) is 1. The molecule has 6 nitrogen and oxygen atoms in total. The largest absolute Gasteiger partial charge is 0.384 e. The van der Waals surface area contributed by atoms with E-state index in [4.69, 9.17) is 5.11 Å². The number of likely N-dealkylation sites (tertiary alicyclic amines) is 1. The lowest BCUT2D eigenvalue weighted by Crippen LogP contribution is -2.37. The lowest BCUT2D eigenvalue weighted by molar-refractivity contribution is -0.119. The molecule has 1 aromatic rings. The summed E-state index contributed by atoms with van der Waals surface area (Å²) in [6, 6.07) is 3.38. The van der Waals surface area contributed by atoms with Crippen LogP contribution >= 0.6 is 0 Å². The molecule has 2 rings (SSSR count). The van der Waals surface area contributed by atoms with Crippen molar-refractivity contribution in [2.75, 3.05) is 19.7 Å². The van der Waals surface area contributed by atoms with Crippen LogP contribution in [-0.4, -0.2) is 52.5 Å². The van der Waals surface area contributed by atoms with Gasteiger partial charge in [0.05, 0.1) is 5.56 Å². The van der Waals surface area contributed by atoms with E-state index in [1.807, 2.05) is 0 Å². The predicted molar refractivity (Wildman–Crippen MR) is 76.3 cm³/mol. The first-order valence-corrected chi connectivity index (χ1v) is 6.73. The van der Waals surface area contributed by atoms with Crippen LogP contribution in [0.5, 0.6) is 0 Å². The number of carbonyl (C=O) groups excluding carboxylic acids is 2. The van der Waals surface area contributed by atoms with Crippen molar-refractivity contribution in [2.24, 2.45) is 0 Å². The molecule has 110 valence electrons. The zero-order valence-corrected chi connectivity index (χ0v) is 11.8. The van der Waals surface area contributed by atoms with E-state index in [-0.39, 0.29) is 30.2 Å². The van der Waals surface area contributed by atoms with Crippen LogP contribution < -0.4 is 5.32 Å². The summed E-state index contributed by atoms with van der Waals surface area (Å²) < 4.78 is 0. The summed E-state index contributed by atoms with van der Waals surface area (Å²) in [6.07, 6.45) is 2.27. The Kier molecular flexibility index (Phi) is 4.90. The van der Waals surface area contributed by atoms with E-state index in [1.165, 1.54) is 6.92 Å². The minimum atomic E-state index is -0.267. The molecule has 1 unspecified atom stereocenters. The monoisotopic (exact) mass is 287 g/mol. The van der Waals surface area contributed by atoms with Crippen molar-refractivity contribution >= 4 is 11.8 Å². The SMILES string of the molecule is CC(=O)NC1CCN(C(=O)c2ncccc2C#CCO)C1. The lowest BCUT2D eigenvalue weighted by atomic mass is 10.2. The van der Waals surface area contributed by atoms with Crippen LogP contribution in [0.3, 0.4) is 0 Å². The Bertz CT molecular complexity index is 604. The third-order valence-corrected chi connectivity index (χ3v) is 3.20. The van der Waals surface area contributed by atoms with E-state index < -0.39 is 0 Å². The molecule has 1 fully saturated rings. The summed E-state index contributed by atoms with van der Waals surface area (Å²) in [6.45, 7) is 2.25. The fourth-order valence-electron chi connectivity index (χ4n) is 2.31. The van der Waals surface area contributed by atoms with Crippen molar-refractivity contribution in [3.05, 3.63) is 29.6 Å². The van der Waals surface area contributed by atoms with Crippen LogP contribution in [0.2, 0.25) is 0 Å². The lowest BCUT2D eigenvalue weighted by Gasteiger charge is -2.17. The highest BCUT2D eigenvalue weighted by Crippen LogP contribution is 2.14. The molecular weight excluding hydrogens is 270 g/mol. The highest BCUT2D eigenvalue weighted by atomic mass is 16.2. The van der Waals surface area contributed by atoms with Gasteiger partial charge in [0.2, 0.25) is 5.91 Å². The van der Waals surface area contributed by atoms with Gasteiger partial charge in [-0.3, -0.25) is 9.59 Å². The number of aliphatic hydroxyl groups is 1. The Labute approximate surface area is 123 Å². The second-order valence-corrected chi connectivity index (χ2v) is 4.80. The van der Waals surface area contributed by atoms with Crippen LogP contribution in [0.4, 0.5) is 0 Å². The van der Waals surface area contributed by atoms with Crippen LogP contribution in [0.25, 0.3) is 0 Å². The Morgan fingerprint density at radius 3 is 3.10 bits per heavy atom. The molecule has 1 aliphatic heterocycles. The summed E-state index contributed by atoms with van der Waals surface area (Å²) >= 11 is 0. The van der Waals surface area contributed by atoms with Gasteiger partial charge in [0, 0.05) is 32.3 Å².